The summed E-state index contributed by atoms with van der Waals surface area (Å²) in [6, 6.07) is 3.06. The van der Waals surface area contributed by atoms with Gasteiger partial charge in [-0.2, -0.15) is 0 Å². The number of ketones is 1. The van der Waals surface area contributed by atoms with Crippen molar-refractivity contribution in [3.05, 3.63) is 59.1 Å². The van der Waals surface area contributed by atoms with E-state index in [-0.39, 0.29) is 35.2 Å². The van der Waals surface area contributed by atoms with E-state index < -0.39 is 23.3 Å². The van der Waals surface area contributed by atoms with Gasteiger partial charge in [-0.05, 0) is 39.4 Å². The second-order valence-corrected chi connectivity index (χ2v) is 7.59. The second-order valence-electron chi connectivity index (χ2n) is 7.59. The number of aliphatic hydroxyl groups excluding tert-OH is 1. The Morgan fingerprint density at radius 3 is 2.48 bits per heavy atom. The van der Waals surface area contributed by atoms with Crippen LogP contribution in [0.4, 0.5) is 8.78 Å². The Hall–Kier alpha value is -3.07. The smallest absolute Gasteiger partial charge is 0.248 e. The van der Waals surface area contributed by atoms with Crippen LogP contribution in [-0.4, -0.2) is 58.6 Å². The van der Waals surface area contributed by atoms with Gasteiger partial charge >= 0.3 is 0 Å². The van der Waals surface area contributed by atoms with Crippen molar-refractivity contribution in [2.24, 2.45) is 0 Å². The first-order chi connectivity index (χ1) is 14.7. The number of allylic oxidation sites excluding steroid dienone is 1. The molecule has 1 aliphatic rings. The van der Waals surface area contributed by atoms with Crippen molar-refractivity contribution in [1.29, 1.82) is 0 Å². The summed E-state index contributed by atoms with van der Waals surface area (Å²) in [6.45, 7) is 4.38. The number of nitrogens with one attached hydrogen (secondary N) is 1. The van der Waals surface area contributed by atoms with Crippen molar-refractivity contribution >= 4 is 18.0 Å². The highest BCUT2D eigenvalue weighted by molar-refractivity contribution is 6.32. The van der Waals surface area contributed by atoms with Crippen molar-refractivity contribution in [1.82, 2.24) is 15.1 Å². The van der Waals surface area contributed by atoms with E-state index in [1.54, 1.807) is 0 Å². The van der Waals surface area contributed by atoms with E-state index in [1.807, 2.05) is 14.0 Å². The molecule has 0 radical (unpaired) electrons. The van der Waals surface area contributed by atoms with Gasteiger partial charge in [-0.25, -0.2) is 8.78 Å². The molecule has 9 heteroatoms. The Kier molecular flexibility index (Phi) is 8.04. The van der Waals surface area contributed by atoms with Crippen LogP contribution in [0.1, 0.15) is 32.3 Å². The number of benzene rings is 1. The number of Topliss-reactive ketones (excluding diaryl/α,β-unsaturated/α-hetero) is 1. The van der Waals surface area contributed by atoms with Crippen molar-refractivity contribution in [3.63, 3.8) is 0 Å². The molecule has 1 amide bonds. The zero-order valence-corrected chi connectivity index (χ0v) is 17.8. The lowest BCUT2D eigenvalue weighted by atomic mass is 10.1. The fourth-order valence-corrected chi connectivity index (χ4v) is 3.27. The molecule has 31 heavy (non-hydrogen) atoms. The third kappa shape index (κ3) is 5.97. The molecule has 0 aliphatic heterocycles. The fourth-order valence-electron chi connectivity index (χ4n) is 3.27. The van der Waals surface area contributed by atoms with Gasteiger partial charge < -0.3 is 15.3 Å². The van der Waals surface area contributed by atoms with Crippen LogP contribution in [0.2, 0.25) is 0 Å². The maximum atomic E-state index is 13.8. The van der Waals surface area contributed by atoms with E-state index in [1.165, 1.54) is 24.1 Å². The molecule has 0 unspecified atom stereocenters. The van der Waals surface area contributed by atoms with Gasteiger partial charge in [-0.1, -0.05) is 13.0 Å². The Balaban J connectivity index is 2.21. The van der Waals surface area contributed by atoms with Crippen LogP contribution in [0.15, 0.2) is 41.9 Å². The Morgan fingerprint density at radius 2 is 1.97 bits per heavy atom. The average molecular weight is 435 g/mol. The average Bonchev–Trinajstić information content (AvgIpc) is 3.53. The van der Waals surface area contributed by atoms with E-state index in [0.29, 0.717) is 12.8 Å². The predicted octanol–water partition coefficient (Wildman–Crippen LogP) is 2.44. The Bertz CT molecular complexity index is 910. The lowest BCUT2D eigenvalue weighted by Crippen LogP contribution is -2.43. The van der Waals surface area contributed by atoms with Crippen LogP contribution >= 0.6 is 0 Å². The molecule has 1 fully saturated rings. The summed E-state index contributed by atoms with van der Waals surface area (Å²) in [5.41, 5.74) is -0.192. The molecule has 2 N–H and O–H groups in total. The van der Waals surface area contributed by atoms with Gasteiger partial charge in [0.15, 0.2) is 6.29 Å². The summed E-state index contributed by atoms with van der Waals surface area (Å²) in [5, 5.41) is 12.1. The van der Waals surface area contributed by atoms with Gasteiger partial charge in [0.05, 0.1) is 0 Å². The minimum atomic E-state index is -0.921. The van der Waals surface area contributed by atoms with E-state index in [4.69, 9.17) is 0 Å². The van der Waals surface area contributed by atoms with Gasteiger partial charge in [0.25, 0.3) is 0 Å². The molecular weight excluding hydrogens is 408 g/mol. The van der Waals surface area contributed by atoms with E-state index in [2.05, 4.69) is 10.2 Å². The first-order valence-corrected chi connectivity index (χ1v) is 9.89. The molecule has 0 aromatic heterocycles. The molecule has 1 aliphatic carbocycles. The zero-order valence-electron chi connectivity index (χ0n) is 17.8. The molecule has 2 rings (SSSR count). The van der Waals surface area contributed by atoms with Gasteiger partial charge in [0.1, 0.15) is 23.6 Å². The molecule has 0 bridgehead atoms. The lowest BCUT2D eigenvalue weighted by molar-refractivity contribution is -0.128. The molecule has 1 aromatic carbocycles. The van der Waals surface area contributed by atoms with Crippen LogP contribution in [0.25, 0.3) is 0 Å². The number of carbonyl (C=O) groups is 3. The molecule has 7 nitrogen and oxygen atoms in total. The highest BCUT2D eigenvalue weighted by Gasteiger charge is 2.47. The van der Waals surface area contributed by atoms with Gasteiger partial charge in [-0.3, -0.25) is 19.3 Å². The summed E-state index contributed by atoms with van der Waals surface area (Å²) in [5.74, 6) is -2.95. The molecule has 1 aromatic rings. The van der Waals surface area contributed by atoms with Gasteiger partial charge in [0.2, 0.25) is 11.7 Å². The number of aliphatic hydroxyl groups is 1. The first-order valence-electron chi connectivity index (χ1n) is 9.89. The van der Waals surface area contributed by atoms with Gasteiger partial charge in [0, 0.05) is 42.0 Å². The summed E-state index contributed by atoms with van der Waals surface area (Å²) in [7, 11) is 1.94. The number of hydrogen-bond donors (Lipinski definition) is 2. The highest BCUT2D eigenvalue weighted by Crippen LogP contribution is 2.42. The minimum absolute atomic E-state index is 0.0959. The Labute approximate surface area is 180 Å². The van der Waals surface area contributed by atoms with Crippen LogP contribution < -0.4 is 5.32 Å². The third-order valence-corrected chi connectivity index (χ3v) is 5.53. The van der Waals surface area contributed by atoms with Crippen molar-refractivity contribution in [2.75, 3.05) is 20.1 Å². The van der Waals surface area contributed by atoms with Crippen LogP contribution in [0.3, 0.4) is 0 Å². The van der Waals surface area contributed by atoms with E-state index >= 15 is 0 Å². The molecule has 0 saturated heterocycles. The normalized spacial score (nSPS) is 15.5. The number of hydrogen-bond acceptors (Lipinski definition) is 6. The van der Waals surface area contributed by atoms with Crippen LogP contribution in [0, 0.1) is 11.6 Å². The number of carbonyl (C=O) groups excluding carboxylic acids is 3. The summed E-state index contributed by atoms with van der Waals surface area (Å²) in [4.78, 5) is 39.0. The lowest BCUT2D eigenvalue weighted by Gasteiger charge is -2.33. The fraction of sp³-hybridized carbons (Fsp3) is 0.409. The number of rotatable bonds is 11. The molecule has 168 valence electrons. The minimum Gasteiger partial charge on any atom is -0.513 e. The van der Waals surface area contributed by atoms with Crippen LogP contribution in [-0.2, 0) is 20.9 Å². The monoisotopic (exact) mass is 435 g/mol. The summed E-state index contributed by atoms with van der Waals surface area (Å²) < 4.78 is 26.8. The molecule has 0 atom stereocenters. The number of amides is 1. The number of halogens is 2. The highest BCUT2D eigenvalue weighted by atomic mass is 19.1. The standard InChI is InChI=1S/C22H27F2N3O4/c1-4-26(3)22(7-8-22)14-27(19(12-28)20(30)13-29)11-15(2)21(31)25-10-16-5-6-17(23)9-18(16)24/h5-6,9,11-13,28H,4,7-8,10,14H2,1-3H3,(H,25,31)/b15-11+,19-12?. The SMILES string of the molecule is CCN(C)C1(CN(/C=C(\C)C(=O)NCc2ccc(F)cc2F)C(=CO)C(=O)C=O)CC1. The van der Waals surface area contributed by atoms with E-state index in [0.717, 1.165) is 31.5 Å². The van der Waals surface area contributed by atoms with Crippen LogP contribution in [0.5, 0.6) is 0 Å². The number of likely N-dealkylation sites (N-methyl/N-ethyl adjacent to an activating group) is 1. The third-order valence-electron chi connectivity index (χ3n) is 5.53. The van der Waals surface area contributed by atoms with Crippen molar-refractivity contribution in [3.8, 4) is 0 Å². The maximum absolute atomic E-state index is 13.8. The molecule has 0 spiro atoms. The molecular formula is C22H27F2N3O4. The summed E-state index contributed by atoms with van der Waals surface area (Å²) in [6.07, 6.45) is 3.76. The number of nitrogens with zero attached hydrogens (tertiary/aromatic N) is 2. The zero-order chi connectivity index (χ0) is 23.2. The molecule has 1 saturated carbocycles. The largest absolute Gasteiger partial charge is 0.513 e. The predicted molar refractivity (Wildman–Crippen MR) is 111 cm³/mol. The van der Waals surface area contributed by atoms with Crippen molar-refractivity contribution < 1.29 is 28.3 Å². The van der Waals surface area contributed by atoms with E-state index in [9.17, 15) is 28.3 Å². The second kappa shape index (κ2) is 10.3. The van der Waals surface area contributed by atoms with Gasteiger partial charge in [-0.15, -0.1) is 0 Å². The quantitative estimate of drug-likeness (QED) is 0.240. The van der Waals surface area contributed by atoms with Crippen molar-refractivity contribution in [2.45, 2.75) is 38.8 Å². The Morgan fingerprint density at radius 1 is 1.29 bits per heavy atom. The molecule has 0 heterocycles. The maximum Gasteiger partial charge on any atom is 0.248 e. The summed E-state index contributed by atoms with van der Waals surface area (Å²) >= 11 is 0. The number of aldehydes is 1. The topological polar surface area (TPSA) is 89.9 Å². The first kappa shape index (κ1) is 24.2.